The summed E-state index contributed by atoms with van der Waals surface area (Å²) in [7, 11) is 0. The quantitative estimate of drug-likeness (QED) is 0.739. The van der Waals surface area contributed by atoms with Crippen LogP contribution in [0.1, 0.15) is 35.1 Å². The van der Waals surface area contributed by atoms with Gasteiger partial charge >= 0.3 is 0 Å². The molecule has 1 saturated carbocycles. The van der Waals surface area contributed by atoms with Gasteiger partial charge in [-0.1, -0.05) is 35.9 Å². The number of amides is 1. The molecule has 1 aromatic carbocycles. The van der Waals surface area contributed by atoms with Crippen LogP contribution >= 0.6 is 11.6 Å². The summed E-state index contributed by atoms with van der Waals surface area (Å²) in [5.41, 5.74) is 1.71. The molecule has 0 radical (unpaired) electrons. The van der Waals surface area contributed by atoms with Gasteiger partial charge in [0, 0.05) is 11.6 Å². The first kappa shape index (κ1) is 16.9. The van der Waals surface area contributed by atoms with Crippen LogP contribution in [-0.4, -0.2) is 27.1 Å². The molecule has 2 aromatic heterocycles. The van der Waals surface area contributed by atoms with Gasteiger partial charge in [-0.3, -0.25) is 9.78 Å². The van der Waals surface area contributed by atoms with Crippen molar-refractivity contribution in [3.05, 3.63) is 71.1 Å². The molecule has 4 rings (SSSR count). The van der Waals surface area contributed by atoms with Crippen molar-refractivity contribution >= 4 is 28.4 Å². The minimum atomic E-state index is -0.305. The van der Waals surface area contributed by atoms with Gasteiger partial charge in [0.05, 0.1) is 28.4 Å². The summed E-state index contributed by atoms with van der Waals surface area (Å²) >= 11 is 6.20. The number of aliphatic hydroxyl groups is 1. The lowest BCUT2D eigenvalue weighted by Crippen LogP contribution is -2.42. The van der Waals surface area contributed by atoms with E-state index < -0.39 is 0 Å². The Hall–Kier alpha value is -2.50. The van der Waals surface area contributed by atoms with Crippen molar-refractivity contribution < 1.29 is 9.90 Å². The fourth-order valence-electron chi connectivity index (χ4n) is 3.35. The fraction of sp³-hybridized carbons (Fsp3) is 0.250. The van der Waals surface area contributed by atoms with Crippen LogP contribution < -0.4 is 5.32 Å². The lowest BCUT2D eigenvalue weighted by molar-refractivity contribution is 0.0228. The minimum Gasteiger partial charge on any atom is -0.393 e. The highest BCUT2D eigenvalue weighted by Gasteiger charge is 2.36. The highest BCUT2D eigenvalue weighted by molar-refractivity contribution is 6.35. The number of hydrogen-bond acceptors (Lipinski definition) is 4. The molecule has 2 N–H and O–H groups in total. The van der Waals surface area contributed by atoms with Crippen molar-refractivity contribution in [2.24, 2.45) is 5.92 Å². The van der Waals surface area contributed by atoms with E-state index in [4.69, 9.17) is 11.6 Å². The summed E-state index contributed by atoms with van der Waals surface area (Å²) < 4.78 is 0. The molecule has 1 unspecified atom stereocenters. The van der Waals surface area contributed by atoms with Gasteiger partial charge in [0.25, 0.3) is 5.91 Å². The van der Waals surface area contributed by atoms with Crippen molar-refractivity contribution in [3.63, 3.8) is 0 Å². The van der Waals surface area contributed by atoms with Crippen LogP contribution in [-0.2, 0) is 0 Å². The maximum atomic E-state index is 12.8. The van der Waals surface area contributed by atoms with Crippen molar-refractivity contribution in [2.75, 3.05) is 0 Å². The van der Waals surface area contributed by atoms with Crippen LogP contribution in [0.25, 0.3) is 10.9 Å². The lowest BCUT2D eigenvalue weighted by atomic mass is 9.76. The van der Waals surface area contributed by atoms with Crippen LogP contribution in [0.4, 0.5) is 0 Å². The van der Waals surface area contributed by atoms with Crippen molar-refractivity contribution in [1.29, 1.82) is 0 Å². The number of benzene rings is 1. The van der Waals surface area contributed by atoms with Crippen molar-refractivity contribution in [3.8, 4) is 0 Å². The van der Waals surface area contributed by atoms with Crippen LogP contribution in [0.15, 0.2) is 54.7 Å². The molecule has 132 valence electrons. The summed E-state index contributed by atoms with van der Waals surface area (Å²) in [6, 6.07) is 14.4. The Morgan fingerprint density at radius 2 is 2.00 bits per heavy atom. The van der Waals surface area contributed by atoms with Gasteiger partial charge in [-0.2, -0.15) is 0 Å². The number of halogens is 1. The predicted molar refractivity (Wildman–Crippen MR) is 99.9 cm³/mol. The summed E-state index contributed by atoms with van der Waals surface area (Å²) in [6.45, 7) is 0. The molecule has 0 aliphatic heterocycles. The number of fused-ring (bicyclic) bond motifs is 1. The zero-order chi connectivity index (χ0) is 18.1. The number of aliphatic hydroxyl groups excluding tert-OH is 1. The van der Waals surface area contributed by atoms with Crippen LogP contribution in [0, 0.1) is 5.92 Å². The number of carbonyl (C=O) groups excluding carboxylic acids is 1. The molecular formula is C20H18ClN3O2. The molecule has 5 nitrogen and oxygen atoms in total. The SMILES string of the molecule is O=C(NC(c1ccccn1)C1CC(O)C1)c1ccc2cccc(Cl)c2n1. The third-order valence-corrected chi connectivity index (χ3v) is 5.12. The molecule has 0 bridgehead atoms. The number of pyridine rings is 2. The number of hydrogen-bond donors (Lipinski definition) is 2. The summed E-state index contributed by atoms with van der Waals surface area (Å²) in [5.74, 6) is -0.114. The molecule has 1 fully saturated rings. The summed E-state index contributed by atoms with van der Waals surface area (Å²) in [4.78, 5) is 21.6. The number of carbonyl (C=O) groups is 1. The average molecular weight is 368 g/mol. The Balaban J connectivity index is 1.61. The van der Waals surface area contributed by atoms with E-state index in [1.54, 1.807) is 18.3 Å². The predicted octanol–water partition coefficient (Wildman–Crippen LogP) is 3.53. The van der Waals surface area contributed by atoms with Crippen molar-refractivity contribution in [1.82, 2.24) is 15.3 Å². The second kappa shape index (κ2) is 7.02. The standard InChI is InChI=1S/C20H18ClN3O2/c21-15-5-3-4-12-7-8-17(23-18(12)15)20(26)24-19(13-10-14(25)11-13)16-6-1-2-9-22-16/h1-9,13-14,19,25H,10-11H2,(H,24,26). The van der Waals surface area contributed by atoms with E-state index in [9.17, 15) is 9.90 Å². The van der Waals surface area contributed by atoms with E-state index in [0.717, 1.165) is 11.1 Å². The van der Waals surface area contributed by atoms with E-state index in [1.807, 2.05) is 36.4 Å². The van der Waals surface area contributed by atoms with E-state index in [2.05, 4.69) is 15.3 Å². The molecule has 1 amide bonds. The Morgan fingerprint density at radius 1 is 1.15 bits per heavy atom. The van der Waals surface area contributed by atoms with Crippen LogP contribution in [0.2, 0.25) is 5.02 Å². The van der Waals surface area contributed by atoms with E-state index in [-0.39, 0.29) is 24.0 Å². The molecule has 1 aliphatic rings. The molecule has 1 aliphatic carbocycles. The topological polar surface area (TPSA) is 75.1 Å². The van der Waals surface area contributed by atoms with Gasteiger partial charge in [0.1, 0.15) is 5.69 Å². The molecule has 0 saturated heterocycles. The number of nitrogens with one attached hydrogen (secondary N) is 1. The first-order chi connectivity index (χ1) is 12.6. The molecule has 26 heavy (non-hydrogen) atoms. The van der Waals surface area contributed by atoms with Gasteiger partial charge in [0.2, 0.25) is 0 Å². The van der Waals surface area contributed by atoms with Gasteiger partial charge in [-0.25, -0.2) is 4.98 Å². The second-order valence-corrected chi connectivity index (χ2v) is 7.01. The third kappa shape index (κ3) is 3.28. The van der Waals surface area contributed by atoms with Gasteiger partial charge < -0.3 is 10.4 Å². The van der Waals surface area contributed by atoms with Crippen molar-refractivity contribution in [2.45, 2.75) is 25.0 Å². The summed E-state index contributed by atoms with van der Waals surface area (Å²) in [5, 5.41) is 14.1. The Kier molecular flexibility index (Phi) is 4.57. The molecule has 2 heterocycles. The Labute approximate surface area is 156 Å². The normalized spacial score (nSPS) is 20.4. The van der Waals surface area contributed by atoms with E-state index in [1.165, 1.54) is 0 Å². The van der Waals surface area contributed by atoms with Gasteiger partial charge in [0.15, 0.2) is 0 Å². The monoisotopic (exact) mass is 367 g/mol. The lowest BCUT2D eigenvalue weighted by Gasteiger charge is -2.37. The first-order valence-electron chi connectivity index (χ1n) is 8.57. The molecular weight excluding hydrogens is 350 g/mol. The smallest absolute Gasteiger partial charge is 0.270 e. The largest absolute Gasteiger partial charge is 0.393 e. The van der Waals surface area contributed by atoms with Crippen LogP contribution in [0.3, 0.4) is 0 Å². The van der Waals surface area contributed by atoms with Crippen LogP contribution in [0.5, 0.6) is 0 Å². The molecule has 6 heteroatoms. The summed E-state index contributed by atoms with van der Waals surface area (Å²) in [6.07, 6.45) is 2.70. The van der Waals surface area contributed by atoms with E-state index in [0.29, 0.717) is 29.1 Å². The van der Waals surface area contributed by atoms with E-state index >= 15 is 0 Å². The number of nitrogens with zero attached hydrogens (tertiary/aromatic N) is 2. The third-order valence-electron chi connectivity index (χ3n) is 4.82. The maximum Gasteiger partial charge on any atom is 0.270 e. The zero-order valence-electron chi connectivity index (χ0n) is 14.0. The number of rotatable bonds is 4. The molecule has 1 atom stereocenters. The first-order valence-corrected chi connectivity index (χ1v) is 8.95. The second-order valence-electron chi connectivity index (χ2n) is 6.60. The highest BCUT2D eigenvalue weighted by Crippen LogP contribution is 2.37. The number of para-hydroxylation sites is 1. The van der Waals surface area contributed by atoms with Gasteiger partial charge in [-0.15, -0.1) is 0 Å². The minimum absolute atomic E-state index is 0.160. The Morgan fingerprint density at radius 3 is 2.73 bits per heavy atom. The fourth-order valence-corrected chi connectivity index (χ4v) is 3.57. The zero-order valence-corrected chi connectivity index (χ0v) is 14.7. The maximum absolute atomic E-state index is 12.8. The average Bonchev–Trinajstić information content (AvgIpc) is 2.64. The molecule has 3 aromatic rings. The van der Waals surface area contributed by atoms with Gasteiger partial charge in [-0.05, 0) is 43.0 Å². The highest BCUT2D eigenvalue weighted by atomic mass is 35.5. The molecule has 0 spiro atoms. The Bertz CT molecular complexity index is 942. The number of aromatic nitrogens is 2.